The number of halogens is 2. The first-order valence-electron chi connectivity index (χ1n) is 8.74. The van der Waals surface area contributed by atoms with E-state index in [2.05, 4.69) is 46.2 Å². The molecule has 1 aromatic carbocycles. The number of rotatable bonds is 9. The normalized spacial score (nSPS) is 15.4. The van der Waals surface area contributed by atoms with Gasteiger partial charge in [-0.15, -0.1) is 0 Å². The van der Waals surface area contributed by atoms with Crippen LogP contribution in [0.15, 0.2) is 18.2 Å². The lowest BCUT2D eigenvalue weighted by Crippen LogP contribution is -2.40. The number of unbranched alkanes of at least 4 members (excludes halogenated alkanes) is 1. The maximum Gasteiger partial charge on any atom is 0.184 e. The molecule has 6 heteroatoms. The second-order valence-corrected chi connectivity index (χ2v) is 17.9. The van der Waals surface area contributed by atoms with Crippen molar-refractivity contribution in [2.75, 3.05) is 0 Å². The third kappa shape index (κ3) is 7.58. The minimum absolute atomic E-state index is 0.0132. The van der Waals surface area contributed by atoms with E-state index in [9.17, 15) is 0 Å². The summed E-state index contributed by atoms with van der Waals surface area (Å²) < 4.78 is 13.1. The lowest BCUT2D eigenvalue weighted by molar-refractivity contribution is 0.0363. The summed E-state index contributed by atoms with van der Waals surface area (Å²) in [5.41, 5.74) is 0.877. The summed E-state index contributed by atoms with van der Waals surface area (Å²) in [6, 6.07) is 5.64. The molecule has 24 heavy (non-hydrogen) atoms. The molecule has 2 nitrogen and oxygen atoms in total. The molecule has 0 amide bonds. The highest BCUT2D eigenvalue weighted by molar-refractivity contribution is 6.70. The summed E-state index contributed by atoms with van der Waals surface area (Å²) in [5, 5.41) is 1.32. The lowest BCUT2D eigenvalue weighted by atomic mass is 10.00. The fourth-order valence-corrected chi connectivity index (χ4v) is 5.41. The molecule has 2 atom stereocenters. The number of hydrogen-bond donors (Lipinski definition) is 0. The summed E-state index contributed by atoms with van der Waals surface area (Å²) in [5.74, 6) is 0. The van der Waals surface area contributed by atoms with E-state index in [4.69, 9.17) is 32.1 Å². The van der Waals surface area contributed by atoms with Gasteiger partial charge in [-0.2, -0.15) is 0 Å². The van der Waals surface area contributed by atoms with Crippen LogP contribution in [-0.4, -0.2) is 22.7 Å². The lowest BCUT2D eigenvalue weighted by Gasteiger charge is -2.37. The zero-order valence-corrected chi connectivity index (χ0v) is 19.6. The molecule has 1 rings (SSSR count). The third-order valence-corrected chi connectivity index (χ3v) is 6.08. The van der Waals surface area contributed by atoms with Gasteiger partial charge in [-0.3, -0.25) is 0 Å². The minimum atomic E-state index is -1.81. The fraction of sp³-hybridized carbons (Fsp3) is 0.667. The molecule has 0 spiro atoms. The third-order valence-electron chi connectivity index (χ3n) is 3.45. The predicted molar refractivity (Wildman–Crippen MR) is 111 cm³/mol. The topological polar surface area (TPSA) is 18.5 Å². The Bertz CT molecular complexity index is 504. The smallest absolute Gasteiger partial charge is 0.184 e. The van der Waals surface area contributed by atoms with E-state index in [0.29, 0.717) is 10.0 Å². The van der Waals surface area contributed by atoms with E-state index < -0.39 is 16.6 Å². The quantitative estimate of drug-likeness (QED) is 0.400. The summed E-state index contributed by atoms with van der Waals surface area (Å²) in [6.07, 6.45) is 2.96. The molecular weight excluding hydrogens is 375 g/mol. The van der Waals surface area contributed by atoms with Gasteiger partial charge in [0, 0.05) is 15.6 Å². The summed E-state index contributed by atoms with van der Waals surface area (Å²) in [6.45, 7) is 15.4. The largest absolute Gasteiger partial charge is 0.412 e. The van der Waals surface area contributed by atoms with Crippen molar-refractivity contribution in [3.63, 3.8) is 0 Å². The van der Waals surface area contributed by atoms with Gasteiger partial charge in [0.15, 0.2) is 16.6 Å². The van der Waals surface area contributed by atoms with Gasteiger partial charge >= 0.3 is 0 Å². The molecule has 0 aliphatic rings. The van der Waals surface area contributed by atoms with E-state index in [1.807, 2.05) is 18.2 Å². The van der Waals surface area contributed by atoms with Gasteiger partial charge in [0.25, 0.3) is 0 Å². The van der Waals surface area contributed by atoms with Gasteiger partial charge in [-0.25, -0.2) is 0 Å². The zero-order valence-electron chi connectivity index (χ0n) is 16.1. The Morgan fingerprint density at radius 1 is 0.917 bits per heavy atom. The highest BCUT2D eigenvalue weighted by Crippen LogP contribution is 2.39. The Labute approximate surface area is 160 Å². The molecule has 0 unspecified atom stereocenters. The van der Waals surface area contributed by atoms with Crippen molar-refractivity contribution >= 4 is 39.8 Å². The molecule has 138 valence electrons. The molecule has 0 fully saturated rings. The van der Waals surface area contributed by atoms with Gasteiger partial charge in [0.1, 0.15) is 0 Å². The average Bonchev–Trinajstić information content (AvgIpc) is 2.39. The van der Waals surface area contributed by atoms with Crippen LogP contribution in [0.3, 0.4) is 0 Å². The van der Waals surface area contributed by atoms with E-state index in [0.717, 1.165) is 24.8 Å². The maximum absolute atomic E-state index is 6.56. The number of benzene rings is 1. The van der Waals surface area contributed by atoms with Gasteiger partial charge in [-0.05, 0) is 57.8 Å². The minimum Gasteiger partial charge on any atom is -0.412 e. The molecule has 0 aromatic heterocycles. The van der Waals surface area contributed by atoms with Gasteiger partial charge in [-0.1, -0.05) is 49.0 Å². The summed E-state index contributed by atoms with van der Waals surface area (Å²) in [7, 11) is -3.53. The van der Waals surface area contributed by atoms with Crippen LogP contribution in [0, 0.1) is 0 Å². The molecule has 0 aliphatic carbocycles. The number of hydrogen-bond acceptors (Lipinski definition) is 2. The van der Waals surface area contributed by atoms with Crippen LogP contribution in [-0.2, 0) is 8.85 Å². The van der Waals surface area contributed by atoms with Crippen LogP contribution in [0.5, 0.6) is 0 Å². The van der Waals surface area contributed by atoms with Gasteiger partial charge in [0.2, 0.25) is 0 Å². The second kappa shape index (κ2) is 9.20. The monoisotopic (exact) mass is 406 g/mol. The van der Waals surface area contributed by atoms with Crippen LogP contribution in [0.2, 0.25) is 49.3 Å². The molecule has 0 aliphatic heterocycles. The highest BCUT2D eigenvalue weighted by Gasteiger charge is 2.35. The van der Waals surface area contributed by atoms with Crippen molar-refractivity contribution < 1.29 is 8.85 Å². The summed E-state index contributed by atoms with van der Waals surface area (Å²) >= 11 is 13.0. The molecule has 0 heterocycles. The van der Waals surface area contributed by atoms with Crippen LogP contribution >= 0.6 is 23.2 Å². The van der Waals surface area contributed by atoms with Crippen molar-refractivity contribution in [2.24, 2.45) is 0 Å². The molecule has 0 saturated carbocycles. The van der Waals surface area contributed by atoms with Crippen LogP contribution in [0.25, 0.3) is 0 Å². The highest BCUT2D eigenvalue weighted by atomic mass is 35.5. The Morgan fingerprint density at radius 3 is 1.83 bits per heavy atom. The van der Waals surface area contributed by atoms with E-state index in [-0.39, 0.29) is 12.2 Å². The Morgan fingerprint density at radius 2 is 1.42 bits per heavy atom. The van der Waals surface area contributed by atoms with Crippen molar-refractivity contribution in [3.8, 4) is 0 Å². The van der Waals surface area contributed by atoms with Crippen LogP contribution in [0.4, 0.5) is 0 Å². The van der Waals surface area contributed by atoms with E-state index in [1.54, 1.807) is 0 Å². The first-order chi connectivity index (χ1) is 10.9. The van der Waals surface area contributed by atoms with Crippen LogP contribution in [0.1, 0.15) is 37.9 Å². The molecule has 0 saturated heterocycles. The van der Waals surface area contributed by atoms with Gasteiger partial charge < -0.3 is 8.85 Å². The molecular formula is C18H32Cl2O2Si2. The molecule has 0 bridgehead atoms. The Kier molecular flexibility index (Phi) is 8.50. The molecule has 0 N–H and O–H groups in total. The van der Waals surface area contributed by atoms with Crippen molar-refractivity contribution in [1.82, 2.24) is 0 Å². The standard InChI is InChI=1S/C18H32Cl2O2Si2/c1-8-9-13-16(21-23(2,3)4)18(22-24(5,6)7)17-14(19)11-10-12-15(17)20/h10-12,16,18H,8-9,13H2,1-7H3/t16-,18+/m1/s1. The SMILES string of the molecule is CCCC[C@@H](O[Si](C)(C)C)[C@H](O[Si](C)(C)C)c1c(Cl)cccc1Cl. The van der Waals surface area contributed by atoms with Crippen molar-refractivity contribution in [1.29, 1.82) is 0 Å². The van der Waals surface area contributed by atoms with E-state index >= 15 is 0 Å². The first-order valence-corrected chi connectivity index (χ1v) is 16.3. The Balaban J connectivity index is 3.31. The van der Waals surface area contributed by atoms with Gasteiger partial charge in [0.05, 0.1) is 12.2 Å². The Hall–Kier alpha value is 0.154. The second-order valence-electron chi connectivity index (χ2n) is 8.20. The molecule has 0 radical (unpaired) electrons. The predicted octanol–water partition coefficient (Wildman–Crippen LogP) is 7.30. The zero-order chi connectivity index (χ0) is 18.5. The van der Waals surface area contributed by atoms with Crippen LogP contribution < -0.4 is 0 Å². The van der Waals surface area contributed by atoms with Crippen molar-refractivity contribution in [2.45, 2.75) is 77.7 Å². The molecule has 1 aromatic rings. The van der Waals surface area contributed by atoms with Crippen molar-refractivity contribution in [3.05, 3.63) is 33.8 Å². The fourth-order valence-electron chi connectivity index (χ4n) is 2.62. The first kappa shape index (κ1) is 22.2. The summed E-state index contributed by atoms with van der Waals surface area (Å²) in [4.78, 5) is 0. The average molecular weight is 408 g/mol. The maximum atomic E-state index is 6.56. The van der Waals surface area contributed by atoms with E-state index in [1.165, 1.54) is 0 Å².